The molecule has 48 valence electrons. The van der Waals surface area contributed by atoms with Gasteiger partial charge in [-0.2, -0.15) is 0 Å². The lowest BCUT2D eigenvalue weighted by Gasteiger charge is -2.13. The van der Waals surface area contributed by atoms with Gasteiger partial charge in [-0.25, -0.2) is 9.21 Å². The zero-order valence-electron chi connectivity index (χ0n) is 4.89. The molecule has 0 aliphatic heterocycles. The van der Waals surface area contributed by atoms with Gasteiger partial charge in [-0.1, -0.05) is 0 Å². The van der Waals surface area contributed by atoms with Crippen molar-refractivity contribution in [2.75, 3.05) is 0 Å². The molecule has 0 rings (SSSR count). The van der Waals surface area contributed by atoms with Crippen LogP contribution in [0.15, 0.2) is 0 Å². The van der Waals surface area contributed by atoms with Crippen molar-refractivity contribution in [1.29, 1.82) is 0 Å². The molecule has 0 spiro atoms. The fourth-order valence-electron chi connectivity index (χ4n) is 0.254. The highest BCUT2D eigenvalue weighted by Crippen LogP contribution is 1.99. The van der Waals surface area contributed by atoms with E-state index in [1.165, 1.54) is 0 Å². The highest BCUT2D eigenvalue weighted by atomic mass is 35.5. The summed E-state index contributed by atoms with van der Waals surface area (Å²) in [6, 6.07) is -0.643. The third-order valence-corrected chi connectivity index (χ3v) is 1.22. The Hall–Kier alpha value is -0.440. The SMILES string of the molecule is CC(C)N(Cl)C(N)=O. The molecule has 0 bridgehead atoms. The Morgan fingerprint density at radius 1 is 1.75 bits per heavy atom. The molecule has 0 radical (unpaired) electrons. The predicted molar refractivity (Wildman–Crippen MR) is 32.4 cm³/mol. The zero-order chi connectivity index (χ0) is 6.73. The van der Waals surface area contributed by atoms with Crippen molar-refractivity contribution in [3.8, 4) is 0 Å². The van der Waals surface area contributed by atoms with Crippen LogP contribution in [-0.4, -0.2) is 16.5 Å². The molecule has 4 heteroatoms. The van der Waals surface area contributed by atoms with Gasteiger partial charge in [-0.05, 0) is 13.8 Å². The molecular formula is C4H9ClN2O. The Balaban J connectivity index is 3.64. The Morgan fingerprint density at radius 3 is 2.12 bits per heavy atom. The number of carbonyl (C=O) groups is 1. The Morgan fingerprint density at radius 2 is 2.12 bits per heavy atom. The minimum absolute atomic E-state index is 0.0332. The first kappa shape index (κ1) is 7.56. The van der Waals surface area contributed by atoms with Gasteiger partial charge in [0.05, 0.1) is 0 Å². The molecule has 2 amide bonds. The first-order valence-electron chi connectivity index (χ1n) is 2.30. The maximum absolute atomic E-state index is 10.2. The van der Waals surface area contributed by atoms with E-state index in [9.17, 15) is 4.79 Å². The van der Waals surface area contributed by atoms with Gasteiger partial charge in [0.25, 0.3) is 0 Å². The van der Waals surface area contributed by atoms with Crippen LogP contribution in [0.5, 0.6) is 0 Å². The summed E-state index contributed by atoms with van der Waals surface area (Å²) in [7, 11) is 0. The molecule has 0 heterocycles. The number of hydrogen-bond acceptors (Lipinski definition) is 1. The summed E-state index contributed by atoms with van der Waals surface area (Å²) in [6.45, 7) is 3.55. The second kappa shape index (κ2) is 2.77. The van der Waals surface area contributed by atoms with Gasteiger partial charge >= 0.3 is 6.03 Å². The second-order valence-corrected chi connectivity index (χ2v) is 2.11. The van der Waals surface area contributed by atoms with E-state index in [0.29, 0.717) is 0 Å². The van der Waals surface area contributed by atoms with Crippen LogP contribution in [-0.2, 0) is 0 Å². The summed E-state index contributed by atoms with van der Waals surface area (Å²) in [4.78, 5) is 10.2. The monoisotopic (exact) mass is 136 g/mol. The average molecular weight is 137 g/mol. The summed E-state index contributed by atoms with van der Waals surface area (Å²) < 4.78 is 0.944. The van der Waals surface area contributed by atoms with Crippen LogP contribution >= 0.6 is 11.8 Å². The van der Waals surface area contributed by atoms with Crippen LogP contribution in [0.2, 0.25) is 0 Å². The zero-order valence-corrected chi connectivity index (χ0v) is 5.64. The van der Waals surface area contributed by atoms with Crippen LogP contribution in [0.4, 0.5) is 4.79 Å². The number of amides is 2. The Bertz CT molecular complexity index is 94.0. The minimum atomic E-state index is -0.610. The smallest absolute Gasteiger partial charge is 0.329 e. The molecule has 2 N–H and O–H groups in total. The summed E-state index contributed by atoms with van der Waals surface area (Å²) in [5, 5.41) is 0. The molecule has 0 unspecified atom stereocenters. The number of rotatable bonds is 1. The Kier molecular flexibility index (Phi) is 2.62. The predicted octanol–water partition coefficient (Wildman–Crippen LogP) is 0.929. The third kappa shape index (κ3) is 2.02. The number of carbonyl (C=O) groups excluding carboxylic acids is 1. The van der Waals surface area contributed by atoms with Crippen molar-refractivity contribution in [2.24, 2.45) is 5.73 Å². The largest absolute Gasteiger partial charge is 0.350 e. The number of halogens is 1. The molecule has 0 aromatic carbocycles. The van der Waals surface area contributed by atoms with E-state index in [2.05, 4.69) is 0 Å². The molecule has 0 aromatic rings. The van der Waals surface area contributed by atoms with E-state index < -0.39 is 6.03 Å². The van der Waals surface area contributed by atoms with E-state index in [4.69, 9.17) is 17.5 Å². The van der Waals surface area contributed by atoms with Gasteiger partial charge in [0.2, 0.25) is 0 Å². The lowest BCUT2D eigenvalue weighted by atomic mass is 10.4. The highest BCUT2D eigenvalue weighted by Gasteiger charge is 2.08. The van der Waals surface area contributed by atoms with Crippen LogP contribution in [0.25, 0.3) is 0 Å². The van der Waals surface area contributed by atoms with E-state index in [1.807, 2.05) is 0 Å². The first-order valence-corrected chi connectivity index (χ1v) is 2.64. The number of urea groups is 1. The third-order valence-electron chi connectivity index (χ3n) is 0.664. The molecule has 0 aromatic heterocycles. The van der Waals surface area contributed by atoms with Crippen molar-refractivity contribution < 1.29 is 4.79 Å². The van der Waals surface area contributed by atoms with Crippen molar-refractivity contribution in [3.63, 3.8) is 0 Å². The molecule has 0 saturated carbocycles. The van der Waals surface area contributed by atoms with Gasteiger partial charge < -0.3 is 5.73 Å². The molecule has 0 atom stereocenters. The normalized spacial score (nSPS) is 9.50. The molecule has 0 aliphatic carbocycles. The van der Waals surface area contributed by atoms with Crippen LogP contribution in [0, 0.1) is 0 Å². The quantitative estimate of drug-likeness (QED) is 0.536. The highest BCUT2D eigenvalue weighted by molar-refractivity contribution is 6.20. The summed E-state index contributed by atoms with van der Waals surface area (Å²) in [5.41, 5.74) is 4.79. The number of hydrogen-bond donors (Lipinski definition) is 1. The van der Waals surface area contributed by atoms with Gasteiger partial charge in [-0.3, -0.25) is 0 Å². The van der Waals surface area contributed by atoms with Crippen LogP contribution in [0.3, 0.4) is 0 Å². The first-order chi connectivity index (χ1) is 3.55. The summed E-state index contributed by atoms with van der Waals surface area (Å²) >= 11 is 5.31. The maximum atomic E-state index is 10.2. The van der Waals surface area contributed by atoms with Gasteiger partial charge in [-0.15, -0.1) is 0 Å². The van der Waals surface area contributed by atoms with Gasteiger partial charge in [0.15, 0.2) is 0 Å². The van der Waals surface area contributed by atoms with E-state index in [-0.39, 0.29) is 6.04 Å². The Labute approximate surface area is 53.5 Å². The van der Waals surface area contributed by atoms with Crippen molar-refractivity contribution in [2.45, 2.75) is 19.9 Å². The number of nitrogens with two attached hydrogens (primary N) is 1. The maximum Gasteiger partial charge on any atom is 0.329 e. The minimum Gasteiger partial charge on any atom is -0.350 e. The fourth-order valence-corrected chi connectivity index (χ4v) is 0.254. The van der Waals surface area contributed by atoms with Crippen molar-refractivity contribution in [3.05, 3.63) is 0 Å². The summed E-state index contributed by atoms with van der Waals surface area (Å²) in [5.74, 6) is 0. The van der Waals surface area contributed by atoms with Crippen LogP contribution in [0.1, 0.15) is 13.8 Å². The molecule has 0 saturated heterocycles. The molecule has 0 aliphatic rings. The molecule has 0 fully saturated rings. The van der Waals surface area contributed by atoms with Gasteiger partial charge in [0.1, 0.15) is 0 Å². The number of primary amides is 1. The summed E-state index contributed by atoms with van der Waals surface area (Å²) in [6.07, 6.45) is 0. The van der Waals surface area contributed by atoms with E-state index >= 15 is 0 Å². The van der Waals surface area contributed by atoms with Crippen molar-refractivity contribution >= 4 is 17.8 Å². The molecular weight excluding hydrogens is 128 g/mol. The molecule has 3 nitrogen and oxygen atoms in total. The standard InChI is InChI=1S/C4H9ClN2O/c1-3(2)7(5)4(6)8/h3H,1-2H3,(H2,6,8). The molecule has 8 heavy (non-hydrogen) atoms. The lowest BCUT2D eigenvalue weighted by molar-refractivity contribution is 0.227. The second-order valence-electron chi connectivity index (χ2n) is 1.74. The average Bonchev–Trinajstić information content (AvgIpc) is 1.64. The van der Waals surface area contributed by atoms with Crippen LogP contribution < -0.4 is 5.73 Å². The van der Waals surface area contributed by atoms with Gasteiger partial charge in [0, 0.05) is 17.8 Å². The fraction of sp³-hybridized carbons (Fsp3) is 0.750. The number of nitrogens with zero attached hydrogens (tertiary/aromatic N) is 1. The topological polar surface area (TPSA) is 46.3 Å². The van der Waals surface area contributed by atoms with E-state index in [1.54, 1.807) is 13.8 Å². The lowest BCUT2D eigenvalue weighted by Crippen LogP contribution is -2.32. The van der Waals surface area contributed by atoms with E-state index in [0.717, 1.165) is 4.42 Å². The van der Waals surface area contributed by atoms with Crippen molar-refractivity contribution in [1.82, 2.24) is 4.42 Å².